The molecule has 4 heteroatoms. The Hall–Kier alpha value is -0.610. The Kier molecular flexibility index (Phi) is 3.59. The van der Waals surface area contributed by atoms with Gasteiger partial charge in [0.15, 0.2) is 6.23 Å². The second kappa shape index (κ2) is 4.94. The van der Waals surface area contributed by atoms with E-state index < -0.39 is 0 Å². The fourth-order valence-corrected chi connectivity index (χ4v) is 1.91. The number of hydrogen-bond donors (Lipinski definition) is 1. The van der Waals surface area contributed by atoms with Gasteiger partial charge in [-0.1, -0.05) is 0 Å². The van der Waals surface area contributed by atoms with Gasteiger partial charge in [-0.2, -0.15) is 0 Å². The van der Waals surface area contributed by atoms with Crippen LogP contribution in [0, 0.1) is 5.92 Å². The van der Waals surface area contributed by atoms with Crippen molar-refractivity contribution in [2.24, 2.45) is 5.92 Å². The van der Waals surface area contributed by atoms with E-state index in [2.05, 4.69) is 5.32 Å². The van der Waals surface area contributed by atoms with Gasteiger partial charge in [0.2, 0.25) is 5.91 Å². The number of rotatable bonds is 4. The Morgan fingerprint density at radius 2 is 2.20 bits per heavy atom. The summed E-state index contributed by atoms with van der Waals surface area (Å²) in [6.45, 7) is 0.782. The van der Waals surface area contributed by atoms with Crippen LogP contribution in [0.25, 0.3) is 0 Å². The Balaban J connectivity index is 1.81. The number of amides is 1. The predicted molar refractivity (Wildman–Crippen MR) is 55.3 cm³/mol. The molecular weight excluding hydrogens is 194 g/mol. The largest absolute Gasteiger partial charge is 0.374 e. The molecule has 0 aromatic heterocycles. The van der Waals surface area contributed by atoms with Gasteiger partial charge in [-0.05, 0) is 32.1 Å². The van der Waals surface area contributed by atoms with Crippen molar-refractivity contribution in [3.8, 4) is 0 Å². The van der Waals surface area contributed by atoms with Crippen LogP contribution in [-0.4, -0.2) is 32.0 Å². The second-order valence-electron chi connectivity index (χ2n) is 4.34. The minimum absolute atomic E-state index is 0.0337. The summed E-state index contributed by atoms with van der Waals surface area (Å²) < 4.78 is 10.9. The van der Waals surface area contributed by atoms with Crippen LogP contribution < -0.4 is 5.32 Å². The maximum Gasteiger partial charge on any atom is 0.225 e. The van der Waals surface area contributed by atoms with Crippen molar-refractivity contribution in [2.75, 3.05) is 13.7 Å². The average Bonchev–Trinajstić information content (AvgIpc) is 3.10. The third-order valence-electron chi connectivity index (χ3n) is 3.04. The number of carbonyl (C=O) groups is 1. The summed E-state index contributed by atoms with van der Waals surface area (Å²) >= 11 is 0. The van der Waals surface area contributed by atoms with Crippen LogP contribution in [0.3, 0.4) is 0 Å². The first-order valence-electron chi connectivity index (χ1n) is 5.76. The number of ether oxygens (including phenoxy) is 2. The van der Waals surface area contributed by atoms with Crippen molar-refractivity contribution >= 4 is 5.91 Å². The van der Waals surface area contributed by atoms with E-state index in [1.165, 1.54) is 0 Å². The third kappa shape index (κ3) is 2.92. The normalized spacial score (nSPS) is 28.5. The van der Waals surface area contributed by atoms with Gasteiger partial charge in [0, 0.05) is 19.6 Å². The van der Waals surface area contributed by atoms with Crippen molar-refractivity contribution in [3.63, 3.8) is 0 Å². The maximum atomic E-state index is 11.6. The van der Waals surface area contributed by atoms with Crippen molar-refractivity contribution in [1.29, 1.82) is 0 Å². The van der Waals surface area contributed by atoms with E-state index in [9.17, 15) is 4.79 Å². The standard InChI is InChI=1S/C11H19NO3/c1-14-11(9-4-2-3-7-15-9)12-10(13)8-5-6-8/h8-9,11H,2-7H2,1H3,(H,12,13)/t9-,11-/m0/s1. The summed E-state index contributed by atoms with van der Waals surface area (Å²) in [6, 6.07) is 0. The smallest absolute Gasteiger partial charge is 0.225 e. The molecule has 0 radical (unpaired) electrons. The molecule has 2 atom stereocenters. The molecule has 0 spiro atoms. The highest BCUT2D eigenvalue weighted by atomic mass is 16.5. The lowest BCUT2D eigenvalue weighted by molar-refractivity contribution is -0.134. The molecule has 4 nitrogen and oxygen atoms in total. The van der Waals surface area contributed by atoms with E-state index in [1.807, 2.05) is 0 Å². The van der Waals surface area contributed by atoms with Gasteiger partial charge in [0.1, 0.15) is 6.10 Å². The Morgan fingerprint density at radius 1 is 1.40 bits per heavy atom. The molecule has 86 valence electrons. The predicted octanol–water partition coefficient (Wildman–Crippen LogP) is 1.05. The van der Waals surface area contributed by atoms with Gasteiger partial charge in [-0.3, -0.25) is 4.79 Å². The lowest BCUT2D eigenvalue weighted by Gasteiger charge is -2.29. The van der Waals surface area contributed by atoms with Gasteiger partial charge in [-0.15, -0.1) is 0 Å². The molecular formula is C11H19NO3. The Labute approximate surface area is 90.3 Å². The zero-order chi connectivity index (χ0) is 10.7. The third-order valence-corrected chi connectivity index (χ3v) is 3.04. The summed E-state index contributed by atoms with van der Waals surface area (Å²) in [5.74, 6) is 0.349. The van der Waals surface area contributed by atoms with Crippen LogP contribution in [0.5, 0.6) is 0 Å². The zero-order valence-electron chi connectivity index (χ0n) is 9.20. The van der Waals surface area contributed by atoms with E-state index in [0.717, 1.165) is 38.7 Å². The topological polar surface area (TPSA) is 47.6 Å². The van der Waals surface area contributed by atoms with Gasteiger partial charge >= 0.3 is 0 Å². The van der Waals surface area contributed by atoms with Crippen molar-refractivity contribution in [2.45, 2.75) is 44.4 Å². The molecule has 1 amide bonds. The van der Waals surface area contributed by atoms with E-state index >= 15 is 0 Å². The monoisotopic (exact) mass is 213 g/mol. The SMILES string of the molecule is CO[C@H](NC(=O)C1CC1)[C@@H]1CCCCO1. The molecule has 2 rings (SSSR count). The first-order chi connectivity index (χ1) is 7.31. The number of nitrogens with one attached hydrogen (secondary N) is 1. The fraction of sp³-hybridized carbons (Fsp3) is 0.909. The van der Waals surface area contributed by atoms with Crippen molar-refractivity contribution < 1.29 is 14.3 Å². The molecule has 1 heterocycles. The molecule has 0 aromatic carbocycles. The van der Waals surface area contributed by atoms with Gasteiger partial charge in [0.05, 0.1) is 0 Å². The molecule has 1 saturated carbocycles. The van der Waals surface area contributed by atoms with E-state index in [4.69, 9.17) is 9.47 Å². The summed E-state index contributed by atoms with van der Waals surface area (Å²) in [6.07, 6.45) is 5.06. The summed E-state index contributed by atoms with van der Waals surface area (Å²) in [7, 11) is 1.62. The molecule has 2 aliphatic rings. The van der Waals surface area contributed by atoms with Crippen LogP contribution in [0.4, 0.5) is 0 Å². The Morgan fingerprint density at radius 3 is 2.73 bits per heavy atom. The van der Waals surface area contributed by atoms with Crippen molar-refractivity contribution in [3.05, 3.63) is 0 Å². The zero-order valence-corrected chi connectivity index (χ0v) is 9.20. The molecule has 1 N–H and O–H groups in total. The quantitative estimate of drug-likeness (QED) is 0.710. The molecule has 15 heavy (non-hydrogen) atoms. The lowest BCUT2D eigenvalue weighted by Crippen LogP contribution is -2.47. The lowest BCUT2D eigenvalue weighted by atomic mass is 10.1. The van der Waals surface area contributed by atoms with Crippen LogP contribution in [0.1, 0.15) is 32.1 Å². The number of hydrogen-bond acceptors (Lipinski definition) is 3. The number of carbonyl (C=O) groups excluding carboxylic acids is 1. The van der Waals surface area contributed by atoms with Crippen LogP contribution >= 0.6 is 0 Å². The average molecular weight is 213 g/mol. The molecule has 0 unspecified atom stereocenters. The van der Waals surface area contributed by atoms with E-state index in [-0.39, 0.29) is 24.2 Å². The highest BCUT2D eigenvalue weighted by Gasteiger charge is 2.33. The minimum atomic E-state index is -0.265. The second-order valence-corrected chi connectivity index (χ2v) is 4.34. The minimum Gasteiger partial charge on any atom is -0.374 e. The first-order valence-corrected chi connectivity index (χ1v) is 5.76. The molecule has 1 aliphatic carbocycles. The van der Waals surface area contributed by atoms with E-state index in [1.54, 1.807) is 7.11 Å². The van der Waals surface area contributed by atoms with Crippen LogP contribution in [0.15, 0.2) is 0 Å². The molecule has 2 fully saturated rings. The van der Waals surface area contributed by atoms with Gasteiger partial charge in [0.25, 0.3) is 0 Å². The van der Waals surface area contributed by atoms with Gasteiger partial charge < -0.3 is 14.8 Å². The van der Waals surface area contributed by atoms with Crippen molar-refractivity contribution in [1.82, 2.24) is 5.32 Å². The highest BCUT2D eigenvalue weighted by Crippen LogP contribution is 2.29. The molecule has 0 bridgehead atoms. The van der Waals surface area contributed by atoms with E-state index in [0.29, 0.717) is 0 Å². The van der Waals surface area contributed by atoms with Crippen LogP contribution in [-0.2, 0) is 14.3 Å². The Bertz CT molecular complexity index is 222. The highest BCUT2D eigenvalue weighted by molar-refractivity contribution is 5.81. The summed E-state index contributed by atoms with van der Waals surface area (Å²) in [4.78, 5) is 11.6. The van der Waals surface area contributed by atoms with Gasteiger partial charge in [-0.25, -0.2) is 0 Å². The summed E-state index contributed by atoms with van der Waals surface area (Å²) in [5, 5.41) is 2.91. The first kappa shape index (κ1) is 10.9. The summed E-state index contributed by atoms with van der Waals surface area (Å²) in [5.41, 5.74) is 0. The molecule has 0 aromatic rings. The fourth-order valence-electron chi connectivity index (χ4n) is 1.91. The van der Waals surface area contributed by atoms with Crippen LogP contribution in [0.2, 0.25) is 0 Å². The molecule has 1 aliphatic heterocycles. The molecule has 1 saturated heterocycles. The number of methoxy groups -OCH3 is 1. The maximum absolute atomic E-state index is 11.6.